The van der Waals surface area contributed by atoms with Crippen LogP contribution in [0.5, 0.6) is 0 Å². The van der Waals surface area contributed by atoms with Gasteiger partial charge in [-0.3, -0.25) is 0 Å². The summed E-state index contributed by atoms with van der Waals surface area (Å²) in [6, 6.07) is 6.60. The molecule has 18 heavy (non-hydrogen) atoms. The van der Waals surface area contributed by atoms with Crippen molar-refractivity contribution >= 4 is 0 Å². The van der Waals surface area contributed by atoms with E-state index in [0.29, 0.717) is 5.92 Å². The lowest BCUT2D eigenvalue weighted by Gasteiger charge is -2.40. The summed E-state index contributed by atoms with van der Waals surface area (Å²) in [4.78, 5) is 0. The minimum absolute atomic E-state index is 0.0168. The molecule has 1 N–H and O–H groups in total. The Morgan fingerprint density at radius 2 is 2.06 bits per heavy atom. The molecule has 1 aromatic carbocycles. The van der Waals surface area contributed by atoms with E-state index in [-0.39, 0.29) is 17.5 Å². The van der Waals surface area contributed by atoms with Gasteiger partial charge in [0.2, 0.25) is 0 Å². The summed E-state index contributed by atoms with van der Waals surface area (Å²) < 4.78 is 19.1. The standard InChI is InChI=1S/C15H22FNO/c1-11(2)8-15(3)10-17-9-14(18-15)12-4-6-13(16)7-5-12/h4-7,11,14,17H,8-10H2,1-3H3. The Bertz CT molecular complexity index is 390. The molecule has 0 aromatic heterocycles. The fourth-order valence-electron chi connectivity index (χ4n) is 2.74. The van der Waals surface area contributed by atoms with Crippen LogP contribution in [0.1, 0.15) is 38.9 Å². The fourth-order valence-corrected chi connectivity index (χ4v) is 2.74. The van der Waals surface area contributed by atoms with E-state index < -0.39 is 0 Å². The maximum absolute atomic E-state index is 12.9. The van der Waals surface area contributed by atoms with Gasteiger partial charge in [0, 0.05) is 13.1 Å². The first kappa shape index (κ1) is 13.5. The molecule has 0 spiro atoms. The molecule has 2 unspecified atom stereocenters. The zero-order valence-electron chi connectivity index (χ0n) is 11.4. The summed E-state index contributed by atoms with van der Waals surface area (Å²) in [6.45, 7) is 8.23. The van der Waals surface area contributed by atoms with Crippen LogP contribution in [0.15, 0.2) is 24.3 Å². The Kier molecular flexibility index (Phi) is 4.03. The van der Waals surface area contributed by atoms with E-state index in [1.54, 1.807) is 0 Å². The van der Waals surface area contributed by atoms with E-state index in [9.17, 15) is 4.39 Å². The van der Waals surface area contributed by atoms with Crippen LogP contribution in [0.4, 0.5) is 4.39 Å². The summed E-state index contributed by atoms with van der Waals surface area (Å²) in [6.07, 6.45) is 1.04. The number of rotatable bonds is 3. The number of halogens is 1. The molecule has 3 heteroatoms. The van der Waals surface area contributed by atoms with Crippen molar-refractivity contribution < 1.29 is 9.13 Å². The Balaban J connectivity index is 2.08. The molecule has 1 aliphatic heterocycles. The Labute approximate surface area is 109 Å². The lowest BCUT2D eigenvalue weighted by Crippen LogP contribution is -2.49. The van der Waals surface area contributed by atoms with Crippen LogP contribution in [0.3, 0.4) is 0 Å². The summed E-state index contributed by atoms with van der Waals surface area (Å²) >= 11 is 0. The van der Waals surface area contributed by atoms with Crippen LogP contribution in [-0.2, 0) is 4.74 Å². The van der Waals surface area contributed by atoms with E-state index >= 15 is 0 Å². The lowest BCUT2D eigenvalue weighted by atomic mass is 9.91. The molecule has 0 saturated carbocycles. The van der Waals surface area contributed by atoms with Crippen molar-refractivity contribution in [2.75, 3.05) is 13.1 Å². The molecule has 1 aromatic rings. The van der Waals surface area contributed by atoms with Crippen molar-refractivity contribution in [2.45, 2.75) is 38.9 Å². The number of hydrogen-bond acceptors (Lipinski definition) is 2. The SMILES string of the molecule is CC(C)CC1(C)CNCC(c2ccc(F)cc2)O1. The summed E-state index contributed by atoms with van der Waals surface area (Å²) in [5.74, 6) is 0.399. The highest BCUT2D eigenvalue weighted by atomic mass is 19.1. The quantitative estimate of drug-likeness (QED) is 0.890. The van der Waals surface area contributed by atoms with E-state index in [2.05, 4.69) is 26.1 Å². The van der Waals surface area contributed by atoms with Gasteiger partial charge in [0.1, 0.15) is 5.82 Å². The van der Waals surface area contributed by atoms with Gasteiger partial charge in [0.15, 0.2) is 0 Å². The average Bonchev–Trinajstić information content (AvgIpc) is 2.28. The van der Waals surface area contributed by atoms with Gasteiger partial charge in [-0.25, -0.2) is 4.39 Å². The van der Waals surface area contributed by atoms with E-state index in [0.717, 1.165) is 25.1 Å². The third-order valence-corrected chi connectivity index (χ3v) is 3.34. The third-order valence-electron chi connectivity index (χ3n) is 3.34. The maximum Gasteiger partial charge on any atom is 0.123 e. The molecule has 0 bridgehead atoms. The number of hydrogen-bond donors (Lipinski definition) is 1. The predicted octanol–water partition coefficient (Wildman–Crippen LogP) is 3.29. The molecule has 1 saturated heterocycles. The van der Waals surface area contributed by atoms with Crippen molar-refractivity contribution in [1.29, 1.82) is 0 Å². The molecule has 0 radical (unpaired) electrons. The van der Waals surface area contributed by atoms with Crippen molar-refractivity contribution in [3.05, 3.63) is 35.6 Å². The van der Waals surface area contributed by atoms with Gasteiger partial charge in [0.25, 0.3) is 0 Å². The molecule has 2 atom stereocenters. The van der Waals surface area contributed by atoms with Crippen LogP contribution in [0.2, 0.25) is 0 Å². The third kappa shape index (κ3) is 3.30. The van der Waals surface area contributed by atoms with Gasteiger partial charge in [-0.1, -0.05) is 26.0 Å². The molecule has 2 nitrogen and oxygen atoms in total. The van der Waals surface area contributed by atoms with Gasteiger partial charge >= 0.3 is 0 Å². The molecule has 100 valence electrons. The normalized spacial score (nSPS) is 28.6. The van der Waals surface area contributed by atoms with Crippen LogP contribution < -0.4 is 5.32 Å². The number of ether oxygens (including phenoxy) is 1. The molecule has 1 fully saturated rings. The Hall–Kier alpha value is -0.930. The first-order valence-electron chi connectivity index (χ1n) is 6.62. The van der Waals surface area contributed by atoms with Crippen LogP contribution in [0.25, 0.3) is 0 Å². The molecular formula is C15H22FNO. The maximum atomic E-state index is 12.9. The lowest BCUT2D eigenvalue weighted by molar-refractivity contribution is -0.117. The van der Waals surface area contributed by atoms with E-state index in [1.807, 2.05) is 12.1 Å². The second-order valence-corrected chi connectivity index (χ2v) is 5.84. The molecule has 1 aliphatic rings. The second kappa shape index (κ2) is 5.37. The summed E-state index contributed by atoms with van der Waals surface area (Å²) in [5, 5.41) is 3.43. The van der Waals surface area contributed by atoms with Crippen molar-refractivity contribution in [2.24, 2.45) is 5.92 Å². The second-order valence-electron chi connectivity index (χ2n) is 5.84. The molecule has 0 aliphatic carbocycles. The number of morpholine rings is 1. The molecule has 0 amide bonds. The summed E-state index contributed by atoms with van der Waals surface area (Å²) in [5.41, 5.74) is 0.907. The highest BCUT2D eigenvalue weighted by molar-refractivity contribution is 5.19. The van der Waals surface area contributed by atoms with E-state index in [4.69, 9.17) is 4.74 Å². The van der Waals surface area contributed by atoms with Crippen molar-refractivity contribution in [1.82, 2.24) is 5.32 Å². The fraction of sp³-hybridized carbons (Fsp3) is 0.600. The van der Waals surface area contributed by atoms with Crippen LogP contribution in [-0.4, -0.2) is 18.7 Å². The Morgan fingerprint density at radius 3 is 2.67 bits per heavy atom. The predicted molar refractivity (Wildman–Crippen MR) is 71.0 cm³/mol. The Morgan fingerprint density at radius 1 is 1.39 bits per heavy atom. The number of nitrogens with one attached hydrogen (secondary N) is 1. The van der Waals surface area contributed by atoms with Gasteiger partial charge in [-0.15, -0.1) is 0 Å². The van der Waals surface area contributed by atoms with Crippen molar-refractivity contribution in [3.63, 3.8) is 0 Å². The minimum atomic E-state index is -0.201. The highest BCUT2D eigenvalue weighted by Gasteiger charge is 2.33. The van der Waals surface area contributed by atoms with Crippen molar-refractivity contribution in [3.8, 4) is 0 Å². The molecule has 2 rings (SSSR count). The summed E-state index contributed by atoms with van der Waals surface area (Å²) in [7, 11) is 0. The monoisotopic (exact) mass is 251 g/mol. The molecular weight excluding hydrogens is 229 g/mol. The van der Waals surface area contributed by atoms with Gasteiger partial charge in [0.05, 0.1) is 11.7 Å². The largest absolute Gasteiger partial charge is 0.365 e. The zero-order chi connectivity index (χ0) is 13.2. The minimum Gasteiger partial charge on any atom is -0.365 e. The number of benzene rings is 1. The van der Waals surface area contributed by atoms with Crippen LogP contribution >= 0.6 is 0 Å². The van der Waals surface area contributed by atoms with E-state index in [1.165, 1.54) is 12.1 Å². The smallest absolute Gasteiger partial charge is 0.123 e. The molecule has 1 heterocycles. The first-order chi connectivity index (χ1) is 8.48. The van der Waals surface area contributed by atoms with Gasteiger partial charge in [-0.05, 0) is 37.0 Å². The van der Waals surface area contributed by atoms with Gasteiger partial charge < -0.3 is 10.1 Å². The van der Waals surface area contributed by atoms with Gasteiger partial charge in [-0.2, -0.15) is 0 Å². The zero-order valence-corrected chi connectivity index (χ0v) is 11.4. The first-order valence-corrected chi connectivity index (χ1v) is 6.62. The van der Waals surface area contributed by atoms with Crippen LogP contribution in [0, 0.1) is 11.7 Å². The topological polar surface area (TPSA) is 21.3 Å². The average molecular weight is 251 g/mol. The highest BCUT2D eigenvalue weighted by Crippen LogP contribution is 2.31.